The zero-order chi connectivity index (χ0) is 13.8. The van der Waals surface area contributed by atoms with Crippen LogP contribution in [0.15, 0.2) is 47.1 Å². The summed E-state index contributed by atoms with van der Waals surface area (Å²) in [5.41, 5.74) is 0.333. The van der Waals surface area contributed by atoms with E-state index in [1.165, 1.54) is 6.07 Å². The van der Waals surface area contributed by atoms with Crippen LogP contribution in [0.3, 0.4) is 0 Å². The molecule has 19 heavy (non-hydrogen) atoms. The lowest BCUT2D eigenvalue weighted by Crippen LogP contribution is -2.13. The number of carbonyl (C=O) groups is 1. The van der Waals surface area contributed by atoms with Crippen molar-refractivity contribution in [1.82, 2.24) is 4.98 Å². The summed E-state index contributed by atoms with van der Waals surface area (Å²) in [5.74, 6) is -0.0953. The molecule has 1 aromatic heterocycles. The number of amides is 1. The highest BCUT2D eigenvalue weighted by molar-refractivity contribution is 9.10. The Labute approximate surface area is 116 Å². The number of nitrogens with one attached hydrogen (secondary N) is 1. The average Bonchev–Trinajstić information content (AvgIpc) is 2.41. The van der Waals surface area contributed by atoms with E-state index in [0.29, 0.717) is 10.0 Å². The van der Waals surface area contributed by atoms with Gasteiger partial charge in [0.1, 0.15) is 12.0 Å². The lowest BCUT2D eigenvalue weighted by Gasteiger charge is -2.05. The van der Waals surface area contributed by atoms with Crippen molar-refractivity contribution in [2.75, 3.05) is 5.32 Å². The summed E-state index contributed by atoms with van der Waals surface area (Å²) in [7, 11) is 0. The molecule has 1 heterocycles. The van der Waals surface area contributed by atoms with Crippen LogP contribution in [-0.2, 0) is 0 Å². The number of pyridine rings is 1. The summed E-state index contributed by atoms with van der Waals surface area (Å²) in [5, 5.41) is 13.1. The van der Waals surface area contributed by atoms with Gasteiger partial charge in [0.05, 0.1) is 9.40 Å². The SMILES string of the molecule is O=C(Nc1ncc([N+](=O)[O-])cc1Br)c1ccccc1. The smallest absolute Gasteiger partial charge is 0.288 e. The van der Waals surface area contributed by atoms with Gasteiger partial charge in [-0.05, 0) is 28.1 Å². The predicted octanol–water partition coefficient (Wildman–Crippen LogP) is 3.00. The second-order valence-corrected chi connectivity index (χ2v) is 4.46. The zero-order valence-corrected chi connectivity index (χ0v) is 11.1. The third-order valence-electron chi connectivity index (χ3n) is 2.31. The highest BCUT2D eigenvalue weighted by atomic mass is 79.9. The number of hydrogen-bond acceptors (Lipinski definition) is 4. The van der Waals surface area contributed by atoms with Gasteiger partial charge in [0.25, 0.3) is 11.6 Å². The average molecular weight is 322 g/mol. The molecule has 0 spiro atoms. The number of carbonyl (C=O) groups excluding carboxylic acids is 1. The van der Waals surface area contributed by atoms with Gasteiger partial charge in [-0.25, -0.2) is 4.98 Å². The molecule has 2 aromatic rings. The minimum Gasteiger partial charge on any atom is -0.306 e. The Hall–Kier alpha value is -2.28. The molecule has 6 nitrogen and oxygen atoms in total. The lowest BCUT2D eigenvalue weighted by molar-refractivity contribution is -0.385. The molecular formula is C12H8BrN3O3. The van der Waals surface area contributed by atoms with Crippen LogP contribution in [0.2, 0.25) is 0 Å². The number of nitro groups is 1. The van der Waals surface area contributed by atoms with Crippen molar-refractivity contribution in [1.29, 1.82) is 0 Å². The Kier molecular flexibility index (Phi) is 3.86. The van der Waals surface area contributed by atoms with Crippen LogP contribution >= 0.6 is 15.9 Å². The molecular weight excluding hydrogens is 314 g/mol. The van der Waals surface area contributed by atoms with Crippen LogP contribution in [0.1, 0.15) is 10.4 Å². The predicted molar refractivity (Wildman–Crippen MR) is 73.0 cm³/mol. The number of nitrogens with zero attached hydrogens (tertiary/aromatic N) is 2. The molecule has 0 radical (unpaired) electrons. The minimum atomic E-state index is -0.555. The molecule has 0 bridgehead atoms. The quantitative estimate of drug-likeness (QED) is 0.695. The normalized spacial score (nSPS) is 9.95. The molecule has 0 fully saturated rings. The second kappa shape index (κ2) is 5.57. The van der Waals surface area contributed by atoms with Gasteiger partial charge in [-0.3, -0.25) is 14.9 Å². The molecule has 1 amide bonds. The fourth-order valence-corrected chi connectivity index (χ4v) is 1.82. The first kappa shape index (κ1) is 13.2. The van der Waals surface area contributed by atoms with E-state index in [9.17, 15) is 14.9 Å². The number of rotatable bonds is 3. The van der Waals surface area contributed by atoms with Crippen molar-refractivity contribution in [3.05, 3.63) is 62.7 Å². The number of anilines is 1. The largest absolute Gasteiger partial charge is 0.306 e. The summed E-state index contributed by atoms with van der Waals surface area (Å²) >= 11 is 3.13. The summed E-state index contributed by atoms with van der Waals surface area (Å²) in [6.45, 7) is 0. The fourth-order valence-electron chi connectivity index (χ4n) is 1.39. The standard InChI is InChI=1S/C12H8BrN3O3/c13-10-6-9(16(18)19)7-14-11(10)15-12(17)8-4-2-1-3-5-8/h1-7H,(H,14,15,17). The van der Waals surface area contributed by atoms with Crippen molar-refractivity contribution in [3.8, 4) is 0 Å². The van der Waals surface area contributed by atoms with E-state index in [4.69, 9.17) is 0 Å². The first-order chi connectivity index (χ1) is 9.08. The van der Waals surface area contributed by atoms with Crippen LogP contribution in [0.25, 0.3) is 0 Å². The van der Waals surface area contributed by atoms with E-state index in [1.807, 2.05) is 0 Å². The molecule has 2 rings (SSSR count). The molecule has 7 heteroatoms. The summed E-state index contributed by atoms with van der Waals surface area (Å²) in [4.78, 5) is 25.7. The van der Waals surface area contributed by atoms with Gasteiger partial charge in [-0.2, -0.15) is 0 Å². The van der Waals surface area contributed by atoms with Gasteiger partial charge < -0.3 is 5.32 Å². The molecule has 96 valence electrons. The molecule has 0 saturated carbocycles. The highest BCUT2D eigenvalue weighted by Gasteiger charge is 2.13. The topological polar surface area (TPSA) is 85.1 Å². The van der Waals surface area contributed by atoms with E-state index in [1.54, 1.807) is 30.3 Å². The van der Waals surface area contributed by atoms with E-state index in [2.05, 4.69) is 26.2 Å². The van der Waals surface area contributed by atoms with Gasteiger partial charge in [0, 0.05) is 11.6 Å². The molecule has 1 aromatic carbocycles. The van der Waals surface area contributed by atoms with Crippen molar-refractivity contribution in [2.45, 2.75) is 0 Å². The van der Waals surface area contributed by atoms with E-state index >= 15 is 0 Å². The van der Waals surface area contributed by atoms with Gasteiger partial charge in [-0.1, -0.05) is 18.2 Å². The van der Waals surface area contributed by atoms with Crippen LogP contribution in [0, 0.1) is 10.1 Å². The van der Waals surface area contributed by atoms with Crippen molar-refractivity contribution < 1.29 is 9.72 Å². The second-order valence-electron chi connectivity index (χ2n) is 3.60. The minimum absolute atomic E-state index is 0.149. The molecule has 1 N–H and O–H groups in total. The van der Waals surface area contributed by atoms with Gasteiger partial charge in [0.15, 0.2) is 0 Å². The Bertz CT molecular complexity index is 631. The zero-order valence-electron chi connectivity index (χ0n) is 9.54. The molecule has 0 aliphatic carbocycles. The first-order valence-corrected chi connectivity index (χ1v) is 6.03. The first-order valence-electron chi connectivity index (χ1n) is 5.24. The molecule has 0 unspecified atom stereocenters. The number of aromatic nitrogens is 1. The highest BCUT2D eigenvalue weighted by Crippen LogP contribution is 2.24. The third-order valence-corrected chi connectivity index (χ3v) is 2.91. The maximum absolute atomic E-state index is 11.9. The maximum atomic E-state index is 11.9. The number of hydrogen-bond donors (Lipinski definition) is 1. The molecule has 0 aliphatic heterocycles. The summed E-state index contributed by atoms with van der Waals surface area (Å²) in [6.07, 6.45) is 1.09. The Morgan fingerprint density at radius 3 is 2.58 bits per heavy atom. The van der Waals surface area contributed by atoms with Crippen molar-refractivity contribution in [3.63, 3.8) is 0 Å². The van der Waals surface area contributed by atoms with Crippen LogP contribution in [-0.4, -0.2) is 15.8 Å². The lowest BCUT2D eigenvalue weighted by atomic mass is 10.2. The van der Waals surface area contributed by atoms with E-state index in [0.717, 1.165) is 6.20 Å². The van der Waals surface area contributed by atoms with Gasteiger partial charge in [0.2, 0.25) is 0 Å². The summed E-state index contributed by atoms with van der Waals surface area (Å²) < 4.78 is 0.353. The van der Waals surface area contributed by atoms with E-state index in [-0.39, 0.29) is 17.4 Å². The number of benzene rings is 1. The van der Waals surface area contributed by atoms with E-state index < -0.39 is 4.92 Å². The molecule has 0 saturated heterocycles. The van der Waals surface area contributed by atoms with Crippen LogP contribution in [0.5, 0.6) is 0 Å². The van der Waals surface area contributed by atoms with Crippen LogP contribution < -0.4 is 5.32 Å². The summed E-state index contributed by atoms with van der Waals surface area (Å²) in [6, 6.07) is 9.90. The monoisotopic (exact) mass is 321 g/mol. The Morgan fingerprint density at radius 2 is 2.00 bits per heavy atom. The maximum Gasteiger partial charge on any atom is 0.288 e. The molecule has 0 atom stereocenters. The Balaban J connectivity index is 2.20. The Morgan fingerprint density at radius 1 is 1.32 bits per heavy atom. The van der Waals surface area contributed by atoms with Crippen LogP contribution in [0.4, 0.5) is 11.5 Å². The van der Waals surface area contributed by atoms with Crippen molar-refractivity contribution in [2.24, 2.45) is 0 Å². The third kappa shape index (κ3) is 3.14. The van der Waals surface area contributed by atoms with Gasteiger partial charge in [-0.15, -0.1) is 0 Å². The fraction of sp³-hybridized carbons (Fsp3) is 0. The number of halogens is 1. The van der Waals surface area contributed by atoms with Crippen molar-refractivity contribution >= 4 is 33.3 Å². The molecule has 0 aliphatic rings. The van der Waals surface area contributed by atoms with Gasteiger partial charge >= 0.3 is 0 Å².